The molecule has 1 aromatic rings. The molecular weight excluding hydrogens is 242 g/mol. The summed E-state index contributed by atoms with van der Waals surface area (Å²) in [5, 5.41) is 12.5. The summed E-state index contributed by atoms with van der Waals surface area (Å²) < 4.78 is 0. The van der Waals surface area contributed by atoms with Gasteiger partial charge < -0.3 is 21.1 Å². The van der Waals surface area contributed by atoms with Crippen molar-refractivity contribution in [1.29, 1.82) is 0 Å². The maximum Gasteiger partial charge on any atom is 0.253 e. The average molecular weight is 261 g/mol. The quantitative estimate of drug-likeness (QED) is 0.543. The van der Waals surface area contributed by atoms with Crippen molar-refractivity contribution < 1.29 is 9.90 Å². The van der Waals surface area contributed by atoms with Crippen LogP contribution in [0.15, 0.2) is 18.2 Å². The van der Waals surface area contributed by atoms with Gasteiger partial charge in [-0.1, -0.05) is 0 Å². The molecule has 3 aliphatic rings. The fraction of sp³-hybridized carbons (Fsp3) is 0.500. The van der Waals surface area contributed by atoms with Crippen molar-refractivity contribution in [1.82, 2.24) is 10.2 Å². The van der Waals surface area contributed by atoms with Gasteiger partial charge in [0.15, 0.2) is 0 Å². The standard InChI is InChI=1S/C14H19N3O2/c15-12-2-1-10(18)7-11(12)14(19)16-13-8-17-5-3-9(13)4-6-17/h1-2,7,9,13,18H,3-6,8,15H2,(H,16,19). The molecule has 4 N–H and O–H groups in total. The molecule has 1 aromatic carbocycles. The lowest BCUT2D eigenvalue weighted by molar-refractivity contribution is 0.0621. The minimum atomic E-state index is -0.188. The second kappa shape index (κ2) is 4.74. The number of nitrogen functional groups attached to an aromatic ring is 1. The Morgan fingerprint density at radius 3 is 2.74 bits per heavy atom. The molecule has 1 unspecified atom stereocenters. The Morgan fingerprint density at radius 2 is 2.11 bits per heavy atom. The van der Waals surface area contributed by atoms with Gasteiger partial charge in [0.05, 0.1) is 5.56 Å². The second-order valence-electron chi connectivity index (χ2n) is 5.49. The van der Waals surface area contributed by atoms with Crippen molar-refractivity contribution in [3.63, 3.8) is 0 Å². The van der Waals surface area contributed by atoms with E-state index in [0.717, 1.165) is 32.5 Å². The van der Waals surface area contributed by atoms with Crippen LogP contribution in [0.3, 0.4) is 0 Å². The highest BCUT2D eigenvalue weighted by Gasteiger charge is 2.35. The predicted octanol–water partition coefficient (Wildman–Crippen LogP) is 0.798. The number of carbonyl (C=O) groups is 1. The van der Waals surface area contributed by atoms with Gasteiger partial charge in [-0.2, -0.15) is 0 Å². The van der Waals surface area contributed by atoms with Crippen LogP contribution in [-0.4, -0.2) is 41.6 Å². The number of phenols is 1. The number of nitrogens with one attached hydrogen (secondary N) is 1. The van der Waals surface area contributed by atoms with Gasteiger partial charge in [-0.25, -0.2) is 0 Å². The molecule has 2 bridgehead atoms. The zero-order valence-corrected chi connectivity index (χ0v) is 10.8. The molecule has 0 spiro atoms. The monoisotopic (exact) mass is 261 g/mol. The third-order valence-corrected chi connectivity index (χ3v) is 4.25. The van der Waals surface area contributed by atoms with Crippen molar-refractivity contribution in [2.75, 3.05) is 25.4 Å². The lowest BCUT2D eigenvalue weighted by Crippen LogP contribution is -2.57. The number of fused-ring (bicyclic) bond motifs is 3. The highest BCUT2D eigenvalue weighted by molar-refractivity contribution is 5.99. The number of aromatic hydroxyl groups is 1. The van der Waals surface area contributed by atoms with Gasteiger partial charge in [-0.3, -0.25) is 4.79 Å². The Hall–Kier alpha value is -1.75. The Morgan fingerprint density at radius 1 is 1.37 bits per heavy atom. The lowest BCUT2D eigenvalue weighted by Gasteiger charge is -2.44. The number of nitrogens with two attached hydrogens (primary N) is 1. The number of piperidine rings is 3. The molecule has 5 nitrogen and oxygen atoms in total. The zero-order valence-electron chi connectivity index (χ0n) is 10.8. The summed E-state index contributed by atoms with van der Waals surface area (Å²) in [6.07, 6.45) is 2.31. The van der Waals surface area contributed by atoms with Crippen molar-refractivity contribution in [2.24, 2.45) is 5.92 Å². The summed E-state index contributed by atoms with van der Waals surface area (Å²) in [7, 11) is 0. The van der Waals surface area contributed by atoms with Crippen LogP contribution in [0.25, 0.3) is 0 Å². The topological polar surface area (TPSA) is 78.6 Å². The van der Waals surface area contributed by atoms with Gasteiger partial charge in [0, 0.05) is 18.3 Å². The van der Waals surface area contributed by atoms with E-state index in [1.54, 1.807) is 6.07 Å². The molecular formula is C14H19N3O2. The highest BCUT2D eigenvalue weighted by atomic mass is 16.3. The van der Waals surface area contributed by atoms with Crippen LogP contribution in [0.1, 0.15) is 23.2 Å². The van der Waals surface area contributed by atoms with E-state index < -0.39 is 0 Å². The van der Waals surface area contributed by atoms with Gasteiger partial charge in [0.25, 0.3) is 5.91 Å². The highest BCUT2D eigenvalue weighted by Crippen LogP contribution is 2.28. The molecule has 1 amide bonds. The van der Waals surface area contributed by atoms with E-state index in [2.05, 4.69) is 10.2 Å². The molecule has 4 rings (SSSR count). The van der Waals surface area contributed by atoms with E-state index in [0.29, 0.717) is 17.2 Å². The summed E-state index contributed by atoms with van der Waals surface area (Å²) in [5.41, 5.74) is 6.55. The van der Waals surface area contributed by atoms with Gasteiger partial charge in [-0.05, 0) is 50.0 Å². The van der Waals surface area contributed by atoms with Crippen molar-refractivity contribution in [3.05, 3.63) is 23.8 Å². The number of nitrogens with zero attached hydrogens (tertiary/aromatic N) is 1. The largest absolute Gasteiger partial charge is 0.508 e. The molecule has 19 heavy (non-hydrogen) atoms. The molecule has 0 radical (unpaired) electrons. The number of hydrogen-bond acceptors (Lipinski definition) is 4. The van der Waals surface area contributed by atoms with E-state index in [-0.39, 0.29) is 17.7 Å². The van der Waals surface area contributed by atoms with Crippen LogP contribution in [-0.2, 0) is 0 Å². The van der Waals surface area contributed by atoms with Crippen LogP contribution in [0.4, 0.5) is 5.69 Å². The van der Waals surface area contributed by atoms with Crippen molar-refractivity contribution in [3.8, 4) is 5.75 Å². The number of amides is 1. The Bertz CT molecular complexity index is 495. The number of anilines is 1. The number of benzene rings is 1. The maximum absolute atomic E-state index is 12.2. The van der Waals surface area contributed by atoms with Crippen LogP contribution in [0.2, 0.25) is 0 Å². The SMILES string of the molecule is Nc1ccc(O)cc1C(=O)NC1CN2CCC1CC2. The summed E-state index contributed by atoms with van der Waals surface area (Å²) in [4.78, 5) is 14.6. The van der Waals surface area contributed by atoms with Gasteiger partial charge in [0.1, 0.15) is 5.75 Å². The van der Waals surface area contributed by atoms with Gasteiger partial charge in [-0.15, -0.1) is 0 Å². The lowest BCUT2D eigenvalue weighted by atomic mass is 9.84. The Labute approximate surface area is 112 Å². The number of hydrogen-bond donors (Lipinski definition) is 3. The zero-order chi connectivity index (χ0) is 13.4. The molecule has 5 heteroatoms. The van der Waals surface area contributed by atoms with Crippen molar-refractivity contribution in [2.45, 2.75) is 18.9 Å². The number of phenolic OH excluding ortho intramolecular Hbond substituents is 1. The molecule has 102 valence electrons. The first kappa shape index (κ1) is 12.3. The first-order valence-electron chi connectivity index (χ1n) is 6.75. The minimum absolute atomic E-state index is 0.0632. The van der Waals surface area contributed by atoms with Gasteiger partial charge >= 0.3 is 0 Å². The van der Waals surface area contributed by atoms with Crippen LogP contribution in [0.5, 0.6) is 5.75 Å². The summed E-state index contributed by atoms with van der Waals surface area (Å²) in [5.74, 6) is 0.452. The normalized spacial score (nSPS) is 29.2. The maximum atomic E-state index is 12.2. The number of rotatable bonds is 2. The van der Waals surface area contributed by atoms with E-state index >= 15 is 0 Å². The van der Waals surface area contributed by atoms with E-state index in [9.17, 15) is 9.90 Å². The third kappa shape index (κ3) is 2.38. The van der Waals surface area contributed by atoms with E-state index in [4.69, 9.17) is 5.73 Å². The minimum Gasteiger partial charge on any atom is -0.508 e. The molecule has 3 heterocycles. The van der Waals surface area contributed by atoms with Crippen LogP contribution in [0, 0.1) is 5.92 Å². The molecule has 0 saturated carbocycles. The first-order valence-corrected chi connectivity index (χ1v) is 6.75. The predicted molar refractivity (Wildman–Crippen MR) is 72.9 cm³/mol. The second-order valence-corrected chi connectivity index (χ2v) is 5.49. The average Bonchev–Trinajstić information content (AvgIpc) is 2.43. The summed E-state index contributed by atoms with van der Waals surface area (Å²) >= 11 is 0. The summed E-state index contributed by atoms with van der Waals surface area (Å²) in [6.45, 7) is 3.21. The molecule has 3 saturated heterocycles. The fourth-order valence-electron chi connectivity index (χ4n) is 3.12. The Balaban J connectivity index is 1.73. The Kier molecular flexibility index (Phi) is 3.06. The van der Waals surface area contributed by atoms with E-state index in [1.807, 2.05) is 0 Å². The molecule has 0 aliphatic carbocycles. The smallest absolute Gasteiger partial charge is 0.253 e. The summed E-state index contributed by atoms with van der Waals surface area (Å²) in [6, 6.07) is 4.67. The van der Waals surface area contributed by atoms with Crippen molar-refractivity contribution >= 4 is 11.6 Å². The van der Waals surface area contributed by atoms with E-state index in [1.165, 1.54) is 12.1 Å². The number of carbonyl (C=O) groups excluding carboxylic acids is 1. The molecule has 3 fully saturated rings. The first-order chi connectivity index (χ1) is 9.13. The van der Waals surface area contributed by atoms with Gasteiger partial charge in [0.2, 0.25) is 0 Å². The van der Waals surface area contributed by atoms with Crippen LogP contribution >= 0.6 is 0 Å². The molecule has 1 atom stereocenters. The van der Waals surface area contributed by atoms with Crippen LogP contribution < -0.4 is 11.1 Å². The fourth-order valence-corrected chi connectivity index (χ4v) is 3.12. The molecule has 3 aliphatic heterocycles. The third-order valence-electron chi connectivity index (χ3n) is 4.25. The molecule has 0 aromatic heterocycles.